The molecule has 0 aliphatic carbocycles. The van der Waals surface area contributed by atoms with Gasteiger partial charge in [0.2, 0.25) is 0 Å². The van der Waals surface area contributed by atoms with Crippen LogP contribution in [-0.2, 0) is 0 Å². The Morgan fingerprint density at radius 2 is 1.90 bits per heavy atom. The summed E-state index contributed by atoms with van der Waals surface area (Å²) < 4.78 is 0.724. The van der Waals surface area contributed by atoms with Gasteiger partial charge in [-0.05, 0) is 25.1 Å². The number of carbonyl (C=O) groups is 1. The number of nitrogens with zero attached hydrogens (tertiary/aromatic N) is 1. The van der Waals surface area contributed by atoms with Gasteiger partial charge in [0.05, 0.1) is 21.3 Å². The fourth-order valence-corrected chi connectivity index (χ4v) is 2.92. The zero-order valence-corrected chi connectivity index (χ0v) is 13.5. The monoisotopic (exact) mass is 373 g/mol. The number of carbonyl (C=O) groups excluding carboxylic acids is 1. The van der Waals surface area contributed by atoms with Crippen molar-refractivity contribution in [1.29, 1.82) is 0 Å². The van der Waals surface area contributed by atoms with Crippen molar-refractivity contribution in [3.63, 3.8) is 0 Å². The molecule has 1 heterocycles. The van der Waals surface area contributed by atoms with Gasteiger partial charge in [0.15, 0.2) is 0 Å². The van der Waals surface area contributed by atoms with E-state index in [-0.39, 0.29) is 5.56 Å². The molecular formula is C13H10BrCl2N3O. The molecule has 2 aromatic rings. The van der Waals surface area contributed by atoms with Crippen LogP contribution in [0.2, 0.25) is 10.0 Å². The van der Waals surface area contributed by atoms with Crippen LogP contribution in [0.3, 0.4) is 0 Å². The molecule has 1 aromatic carbocycles. The summed E-state index contributed by atoms with van der Waals surface area (Å²) in [6.07, 6.45) is 1.42. The number of benzene rings is 1. The fraction of sp³-hybridized carbons (Fsp3) is 0.0769. The third kappa shape index (κ3) is 3.23. The van der Waals surface area contributed by atoms with E-state index in [0.29, 0.717) is 21.4 Å². The van der Waals surface area contributed by atoms with E-state index < -0.39 is 5.91 Å². The fourth-order valence-electron chi connectivity index (χ4n) is 1.61. The minimum Gasteiger partial charge on any atom is -0.398 e. The Labute approximate surface area is 134 Å². The highest BCUT2D eigenvalue weighted by molar-refractivity contribution is 9.10. The molecule has 2 rings (SSSR count). The van der Waals surface area contributed by atoms with Crippen molar-refractivity contribution in [1.82, 2.24) is 4.98 Å². The molecule has 0 spiro atoms. The third-order valence-electron chi connectivity index (χ3n) is 2.56. The number of aryl methyl sites for hydroxylation is 1. The van der Waals surface area contributed by atoms with Crippen molar-refractivity contribution in [2.75, 3.05) is 11.1 Å². The first-order valence-electron chi connectivity index (χ1n) is 5.56. The topological polar surface area (TPSA) is 68.0 Å². The number of nitrogens with one attached hydrogen (secondary N) is 1. The predicted octanol–water partition coefficient (Wildman–Crippen LogP) is 4.29. The molecule has 7 heteroatoms. The van der Waals surface area contributed by atoms with Crippen LogP contribution in [0, 0.1) is 6.92 Å². The number of pyridine rings is 1. The Hall–Kier alpha value is -1.30. The van der Waals surface area contributed by atoms with Crippen LogP contribution in [0.1, 0.15) is 16.1 Å². The maximum absolute atomic E-state index is 12.2. The Morgan fingerprint density at radius 1 is 1.30 bits per heavy atom. The van der Waals surface area contributed by atoms with Crippen molar-refractivity contribution in [2.24, 2.45) is 0 Å². The first-order chi connectivity index (χ1) is 9.38. The van der Waals surface area contributed by atoms with Crippen LogP contribution in [0.15, 0.2) is 28.9 Å². The van der Waals surface area contributed by atoms with Crippen LogP contribution >= 0.6 is 39.1 Å². The van der Waals surface area contributed by atoms with E-state index in [0.717, 1.165) is 10.2 Å². The highest BCUT2D eigenvalue weighted by atomic mass is 79.9. The van der Waals surface area contributed by atoms with Crippen molar-refractivity contribution in [3.05, 3.63) is 50.2 Å². The van der Waals surface area contributed by atoms with Crippen molar-refractivity contribution in [2.45, 2.75) is 6.92 Å². The molecule has 1 aromatic heterocycles. The van der Waals surface area contributed by atoms with Crippen molar-refractivity contribution in [3.8, 4) is 0 Å². The van der Waals surface area contributed by atoms with Gasteiger partial charge in [0.1, 0.15) is 0 Å². The molecule has 1 amide bonds. The highest BCUT2D eigenvalue weighted by Crippen LogP contribution is 2.34. The lowest BCUT2D eigenvalue weighted by Crippen LogP contribution is -2.15. The molecule has 20 heavy (non-hydrogen) atoms. The van der Waals surface area contributed by atoms with Gasteiger partial charge in [0, 0.05) is 22.1 Å². The summed E-state index contributed by atoms with van der Waals surface area (Å²) in [5, 5.41) is 3.30. The molecule has 0 aliphatic rings. The van der Waals surface area contributed by atoms with E-state index in [2.05, 4.69) is 26.2 Å². The first kappa shape index (κ1) is 15.1. The van der Waals surface area contributed by atoms with Gasteiger partial charge in [-0.15, -0.1) is 0 Å². The highest BCUT2D eigenvalue weighted by Gasteiger charge is 2.15. The normalized spacial score (nSPS) is 10.4. The molecule has 104 valence electrons. The SMILES string of the molecule is Cc1cc(N)c(C(=O)Nc2c(Cl)cc(Br)cc2Cl)cn1. The maximum atomic E-state index is 12.2. The number of aromatic nitrogens is 1. The molecular weight excluding hydrogens is 365 g/mol. The lowest BCUT2D eigenvalue weighted by molar-refractivity contribution is 0.102. The predicted molar refractivity (Wildman–Crippen MR) is 85.5 cm³/mol. The van der Waals surface area contributed by atoms with Crippen LogP contribution in [0.4, 0.5) is 11.4 Å². The van der Waals surface area contributed by atoms with Crippen molar-refractivity contribution < 1.29 is 4.79 Å². The first-order valence-corrected chi connectivity index (χ1v) is 7.11. The number of hydrogen-bond donors (Lipinski definition) is 2. The largest absolute Gasteiger partial charge is 0.398 e. The molecule has 0 bridgehead atoms. The van der Waals surface area contributed by atoms with Crippen molar-refractivity contribution >= 4 is 56.4 Å². The molecule has 0 atom stereocenters. The molecule has 4 nitrogen and oxygen atoms in total. The van der Waals surface area contributed by atoms with Gasteiger partial charge in [-0.3, -0.25) is 9.78 Å². The number of rotatable bonds is 2. The van der Waals surface area contributed by atoms with Gasteiger partial charge in [-0.25, -0.2) is 0 Å². The molecule has 0 saturated carbocycles. The number of amides is 1. The lowest BCUT2D eigenvalue weighted by Gasteiger charge is -2.11. The average molecular weight is 375 g/mol. The second kappa shape index (κ2) is 5.99. The zero-order valence-electron chi connectivity index (χ0n) is 10.4. The van der Waals surface area contributed by atoms with Gasteiger partial charge >= 0.3 is 0 Å². The van der Waals surface area contributed by atoms with E-state index >= 15 is 0 Å². The minimum atomic E-state index is -0.416. The summed E-state index contributed by atoms with van der Waals surface area (Å²) in [6.45, 7) is 1.79. The van der Waals surface area contributed by atoms with Gasteiger partial charge in [0.25, 0.3) is 5.91 Å². The summed E-state index contributed by atoms with van der Waals surface area (Å²) in [6, 6.07) is 4.90. The summed E-state index contributed by atoms with van der Waals surface area (Å²) in [4.78, 5) is 16.2. The van der Waals surface area contributed by atoms with Crippen LogP contribution < -0.4 is 11.1 Å². The Bertz CT molecular complexity index is 668. The minimum absolute atomic E-state index is 0.269. The van der Waals surface area contributed by atoms with Crippen LogP contribution in [0.25, 0.3) is 0 Å². The summed E-state index contributed by atoms with van der Waals surface area (Å²) in [7, 11) is 0. The maximum Gasteiger partial charge on any atom is 0.259 e. The average Bonchev–Trinajstić information content (AvgIpc) is 2.33. The lowest BCUT2D eigenvalue weighted by atomic mass is 10.2. The summed E-state index contributed by atoms with van der Waals surface area (Å²) >= 11 is 15.4. The standard InChI is InChI=1S/C13H10BrCl2N3O/c1-6-2-11(17)8(5-18-6)13(20)19-12-9(15)3-7(14)4-10(12)16/h2-5H,1H3,(H2,17,18)(H,19,20). The second-order valence-corrected chi connectivity index (χ2v) is 5.84. The quantitative estimate of drug-likeness (QED) is 0.823. The third-order valence-corrected chi connectivity index (χ3v) is 3.62. The number of hydrogen-bond acceptors (Lipinski definition) is 3. The molecule has 3 N–H and O–H groups in total. The second-order valence-electron chi connectivity index (χ2n) is 4.11. The van der Waals surface area contributed by atoms with E-state index in [1.54, 1.807) is 25.1 Å². The Balaban J connectivity index is 2.33. The van der Waals surface area contributed by atoms with E-state index in [9.17, 15) is 4.79 Å². The summed E-state index contributed by atoms with van der Waals surface area (Å²) in [5.74, 6) is -0.416. The van der Waals surface area contributed by atoms with E-state index in [4.69, 9.17) is 28.9 Å². The number of nitrogen functional groups attached to an aromatic ring is 1. The van der Waals surface area contributed by atoms with Crippen LogP contribution in [-0.4, -0.2) is 10.9 Å². The molecule has 0 saturated heterocycles. The Morgan fingerprint density at radius 3 is 2.45 bits per heavy atom. The molecule has 0 radical (unpaired) electrons. The number of nitrogens with two attached hydrogens (primary N) is 1. The van der Waals surface area contributed by atoms with Gasteiger partial charge < -0.3 is 11.1 Å². The van der Waals surface area contributed by atoms with Gasteiger partial charge in [-0.1, -0.05) is 39.1 Å². The molecule has 0 fully saturated rings. The van der Waals surface area contributed by atoms with Crippen LogP contribution in [0.5, 0.6) is 0 Å². The molecule has 0 unspecified atom stereocenters. The Kier molecular flexibility index (Phi) is 4.52. The molecule has 0 aliphatic heterocycles. The smallest absolute Gasteiger partial charge is 0.259 e. The number of halogens is 3. The van der Waals surface area contributed by atoms with E-state index in [1.165, 1.54) is 6.20 Å². The zero-order chi connectivity index (χ0) is 14.9. The summed E-state index contributed by atoms with van der Waals surface area (Å²) in [5.41, 5.74) is 7.49. The number of anilines is 2. The van der Waals surface area contributed by atoms with E-state index in [1.807, 2.05) is 0 Å². The van der Waals surface area contributed by atoms with Gasteiger partial charge in [-0.2, -0.15) is 0 Å².